The molecule has 0 N–H and O–H groups in total. The maximum absolute atomic E-state index is 8.66. The molecule has 0 aliphatic carbocycles. The summed E-state index contributed by atoms with van der Waals surface area (Å²) in [5.41, 5.74) is 1.48. The quantitative estimate of drug-likeness (QED) is 0.712. The molecule has 1 rings (SSSR count). The fourth-order valence-corrected chi connectivity index (χ4v) is 1.50. The van der Waals surface area contributed by atoms with Gasteiger partial charge in [0.25, 0.3) is 0 Å². The van der Waals surface area contributed by atoms with E-state index in [1.54, 1.807) is 18.2 Å². The van der Waals surface area contributed by atoms with E-state index in [0.29, 0.717) is 10.6 Å². The van der Waals surface area contributed by atoms with Crippen molar-refractivity contribution in [1.29, 1.82) is 5.26 Å². The maximum atomic E-state index is 8.66. The number of nitriles is 1. The minimum Gasteiger partial charge on any atom is -0.370 e. The molecule has 0 bridgehead atoms. The van der Waals surface area contributed by atoms with Gasteiger partial charge in [-0.1, -0.05) is 17.7 Å². The Kier molecular flexibility index (Phi) is 3.55. The average Bonchev–Trinajstić information content (AvgIpc) is 2.17. The Morgan fingerprint density at radius 2 is 2.36 bits per heavy atom. The van der Waals surface area contributed by atoms with Gasteiger partial charge in [-0.25, -0.2) is 0 Å². The Balaban J connectivity index is 3.00. The molecule has 3 heteroatoms. The molecule has 0 saturated carbocycles. The van der Waals surface area contributed by atoms with Gasteiger partial charge in [0.1, 0.15) is 0 Å². The van der Waals surface area contributed by atoms with Crippen LogP contribution in [0.1, 0.15) is 5.56 Å². The first-order chi connectivity index (χ1) is 6.69. The molecule has 0 aliphatic heterocycles. The molecule has 0 saturated heterocycles. The van der Waals surface area contributed by atoms with E-state index in [0.717, 1.165) is 12.2 Å². The van der Waals surface area contributed by atoms with Crippen molar-refractivity contribution in [2.24, 2.45) is 0 Å². The molecule has 0 fully saturated rings. The highest BCUT2D eigenvalue weighted by Crippen LogP contribution is 2.25. The van der Waals surface area contributed by atoms with Crippen LogP contribution in [0, 0.1) is 11.3 Å². The molecule has 0 unspecified atom stereocenters. The van der Waals surface area contributed by atoms with Crippen molar-refractivity contribution in [2.75, 3.05) is 18.5 Å². The lowest BCUT2D eigenvalue weighted by atomic mass is 10.2. The number of anilines is 1. The summed E-state index contributed by atoms with van der Waals surface area (Å²) >= 11 is 6.01. The summed E-state index contributed by atoms with van der Waals surface area (Å²) in [6, 6.07) is 7.29. The van der Waals surface area contributed by atoms with Gasteiger partial charge >= 0.3 is 0 Å². The van der Waals surface area contributed by atoms with Gasteiger partial charge < -0.3 is 4.90 Å². The molecule has 0 amide bonds. The zero-order chi connectivity index (χ0) is 10.6. The van der Waals surface area contributed by atoms with Crippen LogP contribution in [0.5, 0.6) is 0 Å². The number of likely N-dealkylation sites (N-methyl/N-ethyl adjacent to an activating group) is 1. The second-order valence-corrected chi connectivity index (χ2v) is 3.35. The molecule has 0 spiro atoms. The van der Waals surface area contributed by atoms with Gasteiger partial charge in [0.15, 0.2) is 0 Å². The predicted octanol–water partition coefficient (Wildman–Crippen LogP) is 2.83. The summed E-state index contributed by atoms with van der Waals surface area (Å²) in [4.78, 5) is 1.97. The first-order valence-electron chi connectivity index (χ1n) is 4.20. The van der Waals surface area contributed by atoms with Gasteiger partial charge in [-0.05, 0) is 18.2 Å². The lowest BCUT2D eigenvalue weighted by Gasteiger charge is -2.18. The van der Waals surface area contributed by atoms with Crippen LogP contribution in [0.15, 0.2) is 30.9 Å². The molecule has 0 aromatic heterocycles. The van der Waals surface area contributed by atoms with Gasteiger partial charge in [-0.15, -0.1) is 6.58 Å². The van der Waals surface area contributed by atoms with E-state index in [1.165, 1.54) is 0 Å². The van der Waals surface area contributed by atoms with Crippen molar-refractivity contribution >= 4 is 17.3 Å². The summed E-state index contributed by atoms with van der Waals surface area (Å²) in [5.74, 6) is 0. The smallest absolute Gasteiger partial charge is 0.0992 e. The first kappa shape index (κ1) is 10.6. The number of hydrogen-bond acceptors (Lipinski definition) is 2. The van der Waals surface area contributed by atoms with Crippen molar-refractivity contribution in [2.45, 2.75) is 0 Å². The van der Waals surface area contributed by atoms with E-state index in [-0.39, 0.29) is 0 Å². The van der Waals surface area contributed by atoms with Crippen LogP contribution >= 0.6 is 11.6 Å². The molecule has 1 aromatic carbocycles. The zero-order valence-electron chi connectivity index (χ0n) is 8.00. The minimum absolute atomic E-state index is 0.575. The summed E-state index contributed by atoms with van der Waals surface area (Å²) in [6.07, 6.45) is 1.80. The van der Waals surface area contributed by atoms with Gasteiger partial charge in [0.05, 0.1) is 22.3 Å². The molecule has 0 heterocycles. The minimum atomic E-state index is 0.575. The first-order valence-corrected chi connectivity index (χ1v) is 4.58. The largest absolute Gasteiger partial charge is 0.370 e. The molecule has 0 radical (unpaired) electrons. The third-order valence-electron chi connectivity index (χ3n) is 1.89. The number of halogens is 1. The summed E-state index contributed by atoms with van der Waals surface area (Å²) in [7, 11) is 1.93. The highest BCUT2D eigenvalue weighted by atomic mass is 35.5. The number of rotatable bonds is 3. The third kappa shape index (κ3) is 2.27. The fraction of sp³-hybridized carbons (Fsp3) is 0.182. The van der Waals surface area contributed by atoms with E-state index in [9.17, 15) is 0 Å². The van der Waals surface area contributed by atoms with E-state index >= 15 is 0 Å². The van der Waals surface area contributed by atoms with Crippen molar-refractivity contribution < 1.29 is 0 Å². The topological polar surface area (TPSA) is 27.0 Å². The molecule has 0 aliphatic rings. The Hall–Kier alpha value is -1.46. The maximum Gasteiger partial charge on any atom is 0.0992 e. The molecule has 1 aromatic rings. The van der Waals surface area contributed by atoms with Gasteiger partial charge in [0.2, 0.25) is 0 Å². The van der Waals surface area contributed by atoms with Crippen LogP contribution in [0.4, 0.5) is 5.69 Å². The number of benzene rings is 1. The van der Waals surface area contributed by atoms with Crippen molar-refractivity contribution in [3.63, 3.8) is 0 Å². The monoisotopic (exact) mass is 206 g/mol. The van der Waals surface area contributed by atoms with Crippen LogP contribution in [0.2, 0.25) is 5.02 Å². The van der Waals surface area contributed by atoms with Gasteiger partial charge in [-0.3, -0.25) is 0 Å². The van der Waals surface area contributed by atoms with Crippen LogP contribution in [-0.4, -0.2) is 13.6 Å². The molecule has 2 nitrogen and oxygen atoms in total. The Bertz CT molecular complexity index is 379. The number of hydrogen-bond donors (Lipinski definition) is 0. The van der Waals surface area contributed by atoms with Crippen molar-refractivity contribution in [1.82, 2.24) is 0 Å². The summed E-state index contributed by atoms with van der Waals surface area (Å²) in [6.45, 7) is 4.38. The summed E-state index contributed by atoms with van der Waals surface area (Å²) in [5, 5.41) is 9.25. The van der Waals surface area contributed by atoms with Gasteiger partial charge in [-0.2, -0.15) is 5.26 Å². The number of nitrogens with zero attached hydrogens (tertiary/aromatic N) is 2. The van der Waals surface area contributed by atoms with Crippen molar-refractivity contribution in [3.8, 4) is 6.07 Å². The lowest BCUT2D eigenvalue weighted by Crippen LogP contribution is -2.16. The van der Waals surface area contributed by atoms with Gasteiger partial charge in [0, 0.05) is 13.6 Å². The molecular weight excluding hydrogens is 196 g/mol. The zero-order valence-corrected chi connectivity index (χ0v) is 8.75. The molecule has 0 atom stereocenters. The Morgan fingerprint density at radius 3 is 2.86 bits per heavy atom. The van der Waals surface area contributed by atoms with E-state index in [4.69, 9.17) is 16.9 Å². The Labute approximate surface area is 89.0 Å². The van der Waals surface area contributed by atoms with Crippen LogP contribution in [0.25, 0.3) is 0 Å². The fourth-order valence-electron chi connectivity index (χ4n) is 1.18. The highest BCUT2D eigenvalue weighted by Gasteiger charge is 2.04. The summed E-state index contributed by atoms with van der Waals surface area (Å²) < 4.78 is 0. The average molecular weight is 207 g/mol. The predicted molar refractivity (Wildman–Crippen MR) is 59.6 cm³/mol. The molecular formula is C11H11ClN2. The van der Waals surface area contributed by atoms with Crippen LogP contribution < -0.4 is 4.90 Å². The van der Waals surface area contributed by atoms with Crippen LogP contribution in [-0.2, 0) is 0 Å². The SMILES string of the molecule is C=CCN(C)c1ccc(C#N)cc1Cl. The van der Waals surface area contributed by atoms with E-state index < -0.39 is 0 Å². The van der Waals surface area contributed by atoms with E-state index in [1.807, 2.05) is 24.1 Å². The third-order valence-corrected chi connectivity index (χ3v) is 2.19. The Morgan fingerprint density at radius 1 is 1.64 bits per heavy atom. The van der Waals surface area contributed by atoms with Crippen molar-refractivity contribution in [3.05, 3.63) is 41.4 Å². The highest BCUT2D eigenvalue weighted by molar-refractivity contribution is 6.33. The standard InChI is InChI=1S/C11H11ClN2/c1-3-6-14(2)11-5-4-9(8-13)7-10(11)12/h3-5,7H,1,6H2,2H3. The molecule has 14 heavy (non-hydrogen) atoms. The van der Waals surface area contributed by atoms with Crippen LogP contribution in [0.3, 0.4) is 0 Å². The second kappa shape index (κ2) is 4.69. The normalized spacial score (nSPS) is 9.21. The second-order valence-electron chi connectivity index (χ2n) is 2.95. The van der Waals surface area contributed by atoms with E-state index in [2.05, 4.69) is 6.58 Å². The molecule has 72 valence electrons. The lowest BCUT2D eigenvalue weighted by molar-refractivity contribution is 1.03.